The molecule has 5 heteroatoms. The van der Waals surface area contributed by atoms with E-state index in [-0.39, 0.29) is 25.3 Å². The van der Waals surface area contributed by atoms with E-state index < -0.39 is 0 Å². The van der Waals surface area contributed by atoms with Crippen molar-refractivity contribution < 1.29 is 14.6 Å². The second-order valence-electron chi connectivity index (χ2n) is 4.70. The summed E-state index contributed by atoms with van der Waals surface area (Å²) in [6.45, 7) is 2.72. The lowest BCUT2D eigenvalue weighted by atomic mass is 10.1. The number of terminal acetylenes is 1. The summed E-state index contributed by atoms with van der Waals surface area (Å²) < 4.78 is 5.28. The van der Waals surface area contributed by atoms with Crippen molar-refractivity contribution in [3.63, 3.8) is 0 Å². The lowest BCUT2D eigenvalue weighted by Crippen LogP contribution is -2.41. The Balaban J connectivity index is 2.26. The van der Waals surface area contributed by atoms with Crippen molar-refractivity contribution in [2.45, 2.75) is 25.8 Å². The van der Waals surface area contributed by atoms with Crippen LogP contribution in [0.4, 0.5) is 4.79 Å². The highest BCUT2D eigenvalue weighted by molar-refractivity contribution is 5.74. The molecule has 0 saturated heterocycles. The average molecular weight is 290 g/mol. The van der Waals surface area contributed by atoms with Gasteiger partial charge in [0.15, 0.2) is 0 Å². The van der Waals surface area contributed by atoms with E-state index in [9.17, 15) is 4.79 Å². The van der Waals surface area contributed by atoms with Gasteiger partial charge in [0, 0.05) is 19.2 Å². The van der Waals surface area contributed by atoms with Gasteiger partial charge in [-0.3, -0.25) is 0 Å². The quantitative estimate of drug-likeness (QED) is 0.632. The van der Waals surface area contributed by atoms with Crippen LogP contribution in [0.3, 0.4) is 0 Å². The molecule has 1 rings (SSSR count). The number of hydrogen-bond donors (Lipinski definition) is 3. The number of aliphatic hydroxyl groups excluding tert-OH is 1. The molecule has 0 unspecified atom stereocenters. The van der Waals surface area contributed by atoms with Crippen molar-refractivity contribution >= 4 is 6.03 Å². The Morgan fingerprint density at radius 3 is 2.76 bits per heavy atom. The number of urea groups is 1. The van der Waals surface area contributed by atoms with Crippen molar-refractivity contribution in [1.82, 2.24) is 10.6 Å². The zero-order valence-corrected chi connectivity index (χ0v) is 12.3. The van der Waals surface area contributed by atoms with Gasteiger partial charge in [-0.2, -0.15) is 0 Å². The molecular weight excluding hydrogens is 268 g/mol. The fraction of sp³-hybridized carbons (Fsp3) is 0.438. The number of benzene rings is 1. The largest absolute Gasteiger partial charge is 0.481 e. The summed E-state index contributed by atoms with van der Waals surface area (Å²) in [6.07, 6.45) is 6.40. The minimum absolute atomic E-state index is 0.0393. The summed E-state index contributed by atoms with van der Waals surface area (Å²) in [6, 6.07) is 7.35. The van der Waals surface area contributed by atoms with Crippen LogP contribution in [0.25, 0.3) is 0 Å². The van der Waals surface area contributed by atoms with Crippen molar-refractivity contribution in [2.24, 2.45) is 0 Å². The molecular formula is C16H22N2O3. The standard InChI is InChI=1S/C16H22N2O3/c1-3-12-21-15-6-4-14(5-7-15)8-10-17-16(20)18-13(2)9-11-19/h1,4-7,13,19H,8-12H2,2H3,(H2,17,18,20)/t13-/m1/s1. The maximum absolute atomic E-state index is 11.5. The van der Waals surface area contributed by atoms with Gasteiger partial charge in [-0.1, -0.05) is 18.1 Å². The molecule has 0 bridgehead atoms. The average Bonchev–Trinajstić information content (AvgIpc) is 2.46. The summed E-state index contributed by atoms with van der Waals surface area (Å²) in [7, 11) is 0. The van der Waals surface area contributed by atoms with Crippen LogP contribution in [0.2, 0.25) is 0 Å². The Hall–Kier alpha value is -2.19. The van der Waals surface area contributed by atoms with Gasteiger partial charge in [-0.05, 0) is 37.5 Å². The van der Waals surface area contributed by atoms with Crippen LogP contribution in [0.5, 0.6) is 5.75 Å². The molecule has 0 aliphatic rings. The lowest BCUT2D eigenvalue weighted by molar-refractivity contribution is 0.231. The number of carbonyl (C=O) groups is 1. The molecule has 114 valence electrons. The molecule has 0 radical (unpaired) electrons. The van der Waals surface area contributed by atoms with Crippen molar-refractivity contribution in [2.75, 3.05) is 19.8 Å². The molecule has 21 heavy (non-hydrogen) atoms. The maximum Gasteiger partial charge on any atom is 0.315 e. The van der Waals surface area contributed by atoms with Gasteiger partial charge in [0.05, 0.1) is 0 Å². The minimum atomic E-state index is -0.218. The monoisotopic (exact) mass is 290 g/mol. The van der Waals surface area contributed by atoms with Gasteiger partial charge < -0.3 is 20.5 Å². The first-order chi connectivity index (χ1) is 10.2. The smallest absolute Gasteiger partial charge is 0.315 e. The molecule has 0 fully saturated rings. The number of ether oxygens (including phenoxy) is 1. The molecule has 1 atom stereocenters. The highest BCUT2D eigenvalue weighted by Crippen LogP contribution is 2.12. The van der Waals surface area contributed by atoms with Crippen molar-refractivity contribution in [3.05, 3.63) is 29.8 Å². The van der Waals surface area contributed by atoms with E-state index in [0.717, 1.165) is 17.7 Å². The van der Waals surface area contributed by atoms with Crippen LogP contribution in [-0.4, -0.2) is 36.9 Å². The van der Waals surface area contributed by atoms with E-state index in [1.165, 1.54) is 0 Å². The van der Waals surface area contributed by atoms with Crippen LogP contribution in [0.1, 0.15) is 18.9 Å². The van der Waals surface area contributed by atoms with E-state index in [0.29, 0.717) is 13.0 Å². The number of rotatable bonds is 8. The molecule has 1 aromatic rings. The first-order valence-corrected chi connectivity index (χ1v) is 6.96. The summed E-state index contributed by atoms with van der Waals surface area (Å²) in [4.78, 5) is 11.5. The third-order valence-electron chi connectivity index (χ3n) is 2.88. The van der Waals surface area contributed by atoms with Crippen molar-refractivity contribution in [3.8, 4) is 18.1 Å². The predicted molar refractivity (Wildman–Crippen MR) is 82.2 cm³/mol. The molecule has 2 amide bonds. The number of amides is 2. The second-order valence-corrected chi connectivity index (χ2v) is 4.70. The number of nitrogens with one attached hydrogen (secondary N) is 2. The normalized spacial score (nSPS) is 11.3. The predicted octanol–water partition coefficient (Wildman–Crippen LogP) is 1.31. The van der Waals surface area contributed by atoms with Crippen LogP contribution < -0.4 is 15.4 Å². The summed E-state index contributed by atoms with van der Waals surface area (Å²) >= 11 is 0. The SMILES string of the molecule is C#CCOc1ccc(CCNC(=O)N[C@H](C)CCO)cc1. The Kier molecular flexibility index (Phi) is 7.77. The Morgan fingerprint density at radius 2 is 2.14 bits per heavy atom. The first-order valence-electron chi connectivity index (χ1n) is 6.96. The van der Waals surface area contributed by atoms with Gasteiger partial charge >= 0.3 is 6.03 Å². The van der Waals surface area contributed by atoms with E-state index in [2.05, 4.69) is 16.6 Å². The van der Waals surface area contributed by atoms with Gasteiger partial charge in [0.1, 0.15) is 12.4 Å². The zero-order valence-electron chi connectivity index (χ0n) is 12.3. The molecule has 5 nitrogen and oxygen atoms in total. The molecule has 0 heterocycles. The Labute approximate surface area is 125 Å². The summed E-state index contributed by atoms with van der Waals surface area (Å²) in [5.74, 6) is 3.15. The van der Waals surface area contributed by atoms with E-state index >= 15 is 0 Å². The lowest BCUT2D eigenvalue weighted by Gasteiger charge is -2.13. The van der Waals surface area contributed by atoms with Crippen LogP contribution in [0.15, 0.2) is 24.3 Å². The van der Waals surface area contributed by atoms with Crippen molar-refractivity contribution in [1.29, 1.82) is 0 Å². The Morgan fingerprint density at radius 1 is 1.43 bits per heavy atom. The van der Waals surface area contributed by atoms with Gasteiger partial charge in [-0.15, -0.1) is 6.42 Å². The number of hydrogen-bond acceptors (Lipinski definition) is 3. The zero-order chi connectivity index (χ0) is 15.5. The van der Waals surface area contributed by atoms with Crippen LogP contribution in [-0.2, 0) is 6.42 Å². The van der Waals surface area contributed by atoms with Gasteiger partial charge in [0.2, 0.25) is 0 Å². The number of aliphatic hydroxyl groups is 1. The third-order valence-corrected chi connectivity index (χ3v) is 2.88. The molecule has 1 aromatic carbocycles. The number of carbonyl (C=O) groups excluding carboxylic acids is 1. The topological polar surface area (TPSA) is 70.6 Å². The van der Waals surface area contributed by atoms with Crippen LogP contribution in [0, 0.1) is 12.3 Å². The maximum atomic E-state index is 11.5. The Bertz CT molecular complexity index is 465. The van der Waals surface area contributed by atoms with E-state index in [1.807, 2.05) is 31.2 Å². The summed E-state index contributed by atoms with van der Waals surface area (Å²) in [5, 5.41) is 14.3. The van der Waals surface area contributed by atoms with Gasteiger partial charge in [-0.25, -0.2) is 4.79 Å². The summed E-state index contributed by atoms with van der Waals surface area (Å²) in [5.41, 5.74) is 1.10. The highest BCUT2D eigenvalue weighted by Gasteiger charge is 2.05. The molecule has 0 aliphatic heterocycles. The fourth-order valence-electron chi connectivity index (χ4n) is 1.74. The van der Waals surface area contributed by atoms with Gasteiger partial charge in [0.25, 0.3) is 0 Å². The minimum Gasteiger partial charge on any atom is -0.481 e. The fourth-order valence-corrected chi connectivity index (χ4v) is 1.74. The second kappa shape index (κ2) is 9.67. The first kappa shape index (κ1) is 16.9. The highest BCUT2D eigenvalue weighted by atomic mass is 16.5. The third kappa shape index (κ3) is 7.23. The van der Waals surface area contributed by atoms with E-state index in [4.69, 9.17) is 16.3 Å². The molecule has 0 aliphatic carbocycles. The van der Waals surface area contributed by atoms with Crippen LogP contribution >= 0.6 is 0 Å². The molecule has 0 spiro atoms. The molecule has 3 N–H and O–H groups in total. The molecule has 0 aromatic heterocycles. The van der Waals surface area contributed by atoms with E-state index in [1.54, 1.807) is 0 Å². The molecule has 0 saturated carbocycles.